The highest BCUT2D eigenvalue weighted by Crippen LogP contribution is 2.09. The Morgan fingerprint density at radius 1 is 0.955 bits per heavy atom. The zero-order chi connectivity index (χ0) is 16.2. The first-order valence-electron chi connectivity index (χ1n) is 6.89. The molecule has 4 heteroatoms. The summed E-state index contributed by atoms with van der Waals surface area (Å²) >= 11 is 0. The lowest BCUT2D eigenvalue weighted by molar-refractivity contribution is -0.158. The van der Waals surface area contributed by atoms with Crippen LogP contribution in [0.3, 0.4) is 0 Å². The van der Waals surface area contributed by atoms with E-state index in [1.54, 1.807) is 12.2 Å². The highest BCUT2D eigenvalue weighted by molar-refractivity contribution is 5.94. The van der Waals surface area contributed by atoms with Crippen LogP contribution in [-0.4, -0.2) is 26.2 Å². The Morgan fingerprint density at radius 2 is 1.55 bits per heavy atom. The number of hydrogen-bond acceptors (Lipinski definition) is 4. The molecule has 1 aromatic carbocycles. The van der Waals surface area contributed by atoms with Crippen molar-refractivity contribution in [2.75, 3.05) is 14.2 Å². The van der Waals surface area contributed by atoms with Gasteiger partial charge < -0.3 is 9.47 Å². The van der Waals surface area contributed by atoms with E-state index < -0.39 is 17.9 Å². The molecule has 0 aliphatic heterocycles. The summed E-state index contributed by atoms with van der Waals surface area (Å²) in [6.45, 7) is 0. The summed E-state index contributed by atoms with van der Waals surface area (Å²) < 4.78 is 9.15. The van der Waals surface area contributed by atoms with Gasteiger partial charge in [0.25, 0.3) is 0 Å². The first-order valence-corrected chi connectivity index (χ1v) is 6.89. The van der Waals surface area contributed by atoms with Gasteiger partial charge in [-0.2, -0.15) is 0 Å². The molecule has 1 rings (SSSR count). The van der Waals surface area contributed by atoms with E-state index in [1.807, 2.05) is 54.6 Å². The van der Waals surface area contributed by atoms with Crippen LogP contribution in [0.15, 0.2) is 60.7 Å². The topological polar surface area (TPSA) is 52.6 Å². The summed E-state index contributed by atoms with van der Waals surface area (Å²) in [5, 5.41) is 0. The number of carbonyl (C=O) groups is 2. The van der Waals surface area contributed by atoms with Crippen LogP contribution in [0.5, 0.6) is 0 Å². The molecule has 0 aromatic heterocycles. The Hall–Kier alpha value is -2.62. The van der Waals surface area contributed by atoms with Gasteiger partial charge in [-0.05, 0) is 12.0 Å². The summed E-state index contributed by atoms with van der Waals surface area (Å²) in [5.41, 5.74) is 1.12. The Labute approximate surface area is 130 Å². The number of allylic oxidation sites excluding steroid dienone is 5. The average Bonchev–Trinajstić information content (AvgIpc) is 2.57. The SMILES string of the molecule is COC(=O)C(C/C=C/C=C/C=C/c1ccccc1)C(=O)OC. The number of esters is 2. The summed E-state index contributed by atoms with van der Waals surface area (Å²) in [4.78, 5) is 22.9. The molecular formula is C18H20O4. The highest BCUT2D eigenvalue weighted by atomic mass is 16.5. The maximum Gasteiger partial charge on any atom is 0.320 e. The van der Waals surface area contributed by atoms with Gasteiger partial charge in [-0.1, -0.05) is 66.8 Å². The van der Waals surface area contributed by atoms with Crippen molar-refractivity contribution in [3.63, 3.8) is 0 Å². The van der Waals surface area contributed by atoms with E-state index >= 15 is 0 Å². The number of carbonyl (C=O) groups excluding carboxylic acids is 2. The van der Waals surface area contributed by atoms with Crippen molar-refractivity contribution < 1.29 is 19.1 Å². The number of hydrogen-bond donors (Lipinski definition) is 0. The molecule has 0 unspecified atom stereocenters. The number of benzene rings is 1. The molecule has 0 radical (unpaired) electrons. The van der Waals surface area contributed by atoms with Crippen LogP contribution in [0, 0.1) is 5.92 Å². The second-order valence-corrected chi connectivity index (χ2v) is 4.42. The lowest BCUT2D eigenvalue weighted by Crippen LogP contribution is -2.25. The van der Waals surface area contributed by atoms with Gasteiger partial charge in [0, 0.05) is 0 Å². The number of methoxy groups -OCH3 is 2. The predicted molar refractivity (Wildman–Crippen MR) is 85.9 cm³/mol. The van der Waals surface area contributed by atoms with Crippen LogP contribution in [0.2, 0.25) is 0 Å². The van der Waals surface area contributed by atoms with Gasteiger partial charge in [-0.25, -0.2) is 0 Å². The number of ether oxygens (including phenoxy) is 2. The monoisotopic (exact) mass is 300 g/mol. The Bertz CT molecular complexity index is 540. The number of rotatable bonds is 7. The normalized spacial score (nSPS) is 11.6. The molecule has 1 aromatic rings. The standard InChI is InChI=1S/C18H20O4/c1-21-17(19)16(18(20)22-2)14-10-5-3-4-7-11-15-12-8-6-9-13-15/h3-13,16H,14H2,1-2H3/b4-3+,10-5+,11-7+. The molecule has 0 amide bonds. The van der Waals surface area contributed by atoms with E-state index in [-0.39, 0.29) is 6.42 Å². The zero-order valence-corrected chi connectivity index (χ0v) is 12.8. The fourth-order valence-corrected chi connectivity index (χ4v) is 1.73. The van der Waals surface area contributed by atoms with E-state index in [9.17, 15) is 9.59 Å². The van der Waals surface area contributed by atoms with Gasteiger partial charge in [0.2, 0.25) is 0 Å². The van der Waals surface area contributed by atoms with Crippen LogP contribution < -0.4 is 0 Å². The van der Waals surface area contributed by atoms with Crippen molar-refractivity contribution in [1.29, 1.82) is 0 Å². The molecule has 0 saturated carbocycles. The molecule has 0 spiro atoms. The largest absolute Gasteiger partial charge is 0.468 e. The maximum absolute atomic E-state index is 11.4. The minimum atomic E-state index is -0.917. The van der Waals surface area contributed by atoms with Crippen molar-refractivity contribution in [2.45, 2.75) is 6.42 Å². The molecular weight excluding hydrogens is 280 g/mol. The van der Waals surface area contributed by atoms with Gasteiger partial charge in [-0.15, -0.1) is 0 Å². The third-order valence-corrected chi connectivity index (χ3v) is 2.90. The maximum atomic E-state index is 11.4. The highest BCUT2D eigenvalue weighted by Gasteiger charge is 2.26. The van der Waals surface area contributed by atoms with E-state index in [0.717, 1.165) is 5.56 Å². The third-order valence-electron chi connectivity index (χ3n) is 2.90. The van der Waals surface area contributed by atoms with Crippen molar-refractivity contribution >= 4 is 18.0 Å². The Morgan fingerprint density at radius 3 is 2.14 bits per heavy atom. The van der Waals surface area contributed by atoms with Crippen LogP contribution in [-0.2, 0) is 19.1 Å². The fraction of sp³-hybridized carbons (Fsp3) is 0.222. The quantitative estimate of drug-likeness (QED) is 0.441. The Kier molecular flexibility index (Phi) is 8.05. The van der Waals surface area contributed by atoms with Gasteiger partial charge in [0.05, 0.1) is 14.2 Å². The molecule has 0 heterocycles. The first-order chi connectivity index (χ1) is 10.7. The van der Waals surface area contributed by atoms with Crippen molar-refractivity contribution in [2.24, 2.45) is 5.92 Å². The second kappa shape index (κ2) is 10.2. The second-order valence-electron chi connectivity index (χ2n) is 4.42. The third kappa shape index (κ3) is 6.22. The summed E-state index contributed by atoms with van der Waals surface area (Å²) in [6, 6.07) is 9.94. The molecule has 0 aliphatic carbocycles. The average molecular weight is 300 g/mol. The lowest BCUT2D eigenvalue weighted by Gasteiger charge is -2.09. The van der Waals surface area contributed by atoms with E-state index in [0.29, 0.717) is 0 Å². The van der Waals surface area contributed by atoms with E-state index in [1.165, 1.54) is 14.2 Å². The predicted octanol–water partition coefficient (Wildman–Crippen LogP) is 3.16. The molecule has 116 valence electrons. The van der Waals surface area contributed by atoms with Crippen molar-refractivity contribution in [3.8, 4) is 0 Å². The summed E-state index contributed by atoms with van der Waals surface area (Å²) in [6.07, 6.45) is 11.3. The zero-order valence-electron chi connectivity index (χ0n) is 12.8. The lowest BCUT2D eigenvalue weighted by atomic mass is 10.1. The van der Waals surface area contributed by atoms with E-state index in [4.69, 9.17) is 0 Å². The van der Waals surface area contributed by atoms with Crippen molar-refractivity contribution in [1.82, 2.24) is 0 Å². The van der Waals surface area contributed by atoms with Crippen molar-refractivity contribution in [3.05, 3.63) is 66.3 Å². The first kappa shape index (κ1) is 17.4. The van der Waals surface area contributed by atoms with Gasteiger partial charge >= 0.3 is 11.9 Å². The van der Waals surface area contributed by atoms with Gasteiger partial charge in [-0.3, -0.25) is 9.59 Å². The molecule has 22 heavy (non-hydrogen) atoms. The minimum absolute atomic E-state index is 0.242. The molecule has 0 saturated heterocycles. The fourth-order valence-electron chi connectivity index (χ4n) is 1.73. The van der Waals surface area contributed by atoms with Gasteiger partial charge in [0.15, 0.2) is 5.92 Å². The van der Waals surface area contributed by atoms with Crippen LogP contribution in [0.4, 0.5) is 0 Å². The molecule has 0 atom stereocenters. The van der Waals surface area contributed by atoms with Crippen LogP contribution in [0.1, 0.15) is 12.0 Å². The smallest absolute Gasteiger partial charge is 0.320 e. The molecule has 0 N–H and O–H groups in total. The molecule has 0 aliphatic rings. The summed E-state index contributed by atoms with van der Waals surface area (Å²) in [5.74, 6) is -2.10. The summed E-state index contributed by atoms with van der Waals surface area (Å²) in [7, 11) is 2.49. The molecule has 0 fully saturated rings. The Balaban J connectivity index is 2.47. The van der Waals surface area contributed by atoms with Crippen LogP contribution >= 0.6 is 0 Å². The van der Waals surface area contributed by atoms with E-state index in [2.05, 4.69) is 9.47 Å². The molecule has 4 nitrogen and oxygen atoms in total. The molecule has 0 bridgehead atoms. The minimum Gasteiger partial charge on any atom is -0.468 e. The van der Waals surface area contributed by atoms with Gasteiger partial charge in [0.1, 0.15) is 0 Å². The van der Waals surface area contributed by atoms with Crippen LogP contribution in [0.25, 0.3) is 6.08 Å².